The van der Waals surface area contributed by atoms with Gasteiger partial charge in [0.25, 0.3) is 0 Å². The fraction of sp³-hybridized carbons (Fsp3) is 0.0909. The van der Waals surface area contributed by atoms with Crippen LogP contribution in [0.25, 0.3) is 22.3 Å². The van der Waals surface area contributed by atoms with Crippen LogP contribution in [0.5, 0.6) is 0 Å². The molecule has 0 heterocycles. The Morgan fingerprint density at radius 1 is 0.515 bits per heavy atom. The van der Waals surface area contributed by atoms with E-state index < -0.39 is 0 Å². The molecule has 158 valence electrons. The molecule has 0 bridgehead atoms. The molecular weight excluding hydrogens is 396 g/mol. The van der Waals surface area contributed by atoms with E-state index in [9.17, 15) is 0 Å². The van der Waals surface area contributed by atoms with Crippen molar-refractivity contribution in [2.75, 3.05) is 0 Å². The van der Waals surface area contributed by atoms with Gasteiger partial charge in [-0.1, -0.05) is 133 Å². The van der Waals surface area contributed by atoms with Gasteiger partial charge in [0.2, 0.25) is 0 Å². The molecule has 4 aromatic carbocycles. The number of benzene rings is 4. The van der Waals surface area contributed by atoms with E-state index in [-0.39, 0.29) is 5.41 Å². The summed E-state index contributed by atoms with van der Waals surface area (Å²) in [5, 5.41) is 0. The summed E-state index contributed by atoms with van der Waals surface area (Å²) in [5.74, 6) is 0. The minimum atomic E-state index is -0.180. The third kappa shape index (κ3) is 2.91. The maximum Gasteiger partial charge on any atom is 0.0725 e. The predicted octanol–water partition coefficient (Wildman–Crippen LogP) is 8.48. The van der Waals surface area contributed by atoms with E-state index in [0.29, 0.717) is 0 Å². The predicted molar refractivity (Wildman–Crippen MR) is 139 cm³/mol. The van der Waals surface area contributed by atoms with Crippen molar-refractivity contribution in [3.05, 3.63) is 155 Å². The van der Waals surface area contributed by atoms with Crippen molar-refractivity contribution in [2.45, 2.75) is 18.8 Å². The van der Waals surface area contributed by atoms with Gasteiger partial charge in [0.1, 0.15) is 0 Å². The Morgan fingerprint density at radius 3 is 1.33 bits per heavy atom. The molecule has 1 spiro atoms. The molecule has 0 fully saturated rings. The number of hydrogen-bond acceptors (Lipinski definition) is 0. The molecule has 3 aliphatic carbocycles. The fourth-order valence-electron chi connectivity index (χ4n) is 5.74. The summed E-state index contributed by atoms with van der Waals surface area (Å²) in [4.78, 5) is 0. The van der Waals surface area contributed by atoms with Crippen LogP contribution in [0.4, 0.5) is 0 Å². The van der Waals surface area contributed by atoms with Crippen LogP contribution in [0.15, 0.2) is 133 Å². The molecule has 0 heteroatoms. The normalized spacial score (nSPS) is 15.5. The van der Waals surface area contributed by atoms with Gasteiger partial charge >= 0.3 is 0 Å². The first kappa shape index (κ1) is 19.8. The van der Waals surface area contributed by atoms with Gasteiger partial charge in [0, 0.05) is 0 Å². The van der Waals surface area contributed by atoms with Crippen LogP contribution in [-0.2, 0) is 5.41 Å². The highest BCUT2D eigenvalue weighted by Gasteiger charge is 2.51. The average Bonchev–Trinajstić information content (AvgIpc) is 3.20. The molecule has 0 amide bonds. The molecule has 0 saturated carbocycles. The molecule has 0 aliphatic heterocycles. The minimum Gasteiger partial charge on any atom is -0.0807 e. The number of fused-ring (bicyclic) bond motifs is 10. The lowest BCUT2D eigenvalue weighted by atomic mass is 9.70. The molecule has 0 unspecified atom stereocenters. The van der Waals surface area contributed by atoms with Crippen molar-refractivity contribution in [2.24, 2.45) is 0 Å². The first-order chi connectivity index (χ1) is 16.3. The molecule has 4 aromatic rings. The SMILES string of the molecule is CC1=CC=CCC=C1.c1ccc2c(c1)-c1ccccc1C21c2ccccc2-c2ccccc21. The lowest BCUT2D eigenvalue weighted by Crippen LogP contribution is -2.25. The van der Waals surface area contributed by atoms with Crippen LogP contribution >= 0.6 is 0 Å². The van der Waals surface area contributed by atoms with Gasteiger partial charge in [0.05, 0.1) is 5.41 Å². The lowest BCUT2D eigenvalue weighted by Gasteiger charge is -2.30. The van der Waals surface area contributed by atoms with E-state index in [1.54, 1.807) is 0 Å². The van der Waals surface area contributed by atoms with E-state index >= 15 is 0 Å². The van der Waals surface area contributed by atoms with Gasteiger partial charge in [0.15, 0.2) is 0 Å². The molecule has 0 saturated heterocycles. The second-order valence-corrected chi connectivity index (χ2v) is 8.91. The summed E-state index contributed by atoms with van der Waals surface area (Å²) >= 11 is 0. The first-order valence-electron chi connectivity index (χ1n) is 11.7. The maximum atomic E-state index is 2.31. The second-order valence-electron chi connectivity index (χ2n) is 8.91. The minimum absolute atomic E-state index is 0.180. The highest BCUT2D eigenvalue weighted by Crippen LogP contribution is 2.62. The van der Waals surface area contributed by atoms with Gasteiger partial charge in [-0.25, -0.2) is 0 Å². The van der Waals surface area contributed by atoms with E-state index in [4.69, 9.17) is 0 Å². The van der Waals surface area contributed by atoms with Gasteiger partial charge < -0.3 is 0 Å². The number of hydrogen-bond donors (Lipinski definition) is 0. The van der Waals surface area contributed by atoms with Crippen LogP contribution in [0.3, 0.4) is 0 Å². The molecule has 33 heavy (non-hydrogen) atoms. The van der Waals surface area contributed by atoms with Crippen molar-refractivity contribution >= 4 is 0 Å². The summed E-state index contributed by atoms with van der Waals surface area (Å²) in [6.45, 7) is 2.10. The Kier molecular flexibility index (Phi) is 4.73. The average molecular weight is 423 g/mol. The van der Waals surface area contributed by atoms with E-state index in [1.165, 1.54) is 50.1 Å². The van der Waals surface area contributed by atoms with Crippen LogP contribution in [0, 0.1) is 0 Å². The second kappa shape index (κ2) is 7.90. The largest absolute Gasteiger partial charge is 0.0807 e. The van der Waals surface area contributed by atoms with Gasteiger partial charge in [-0.2, -0.15) is 0 Å². The van der Waals surface area contributed by atoms with Crippen LogP contribution in [0.2, 0.25) is 0 Å². The van der Waals surface area contributed by atoms with Crippen molar-refractivity contribution in [3.63, 3.8) is 0 Å². The van der Waals surface area contributed by atoms with E-state index in [1.807, 2.05) is 0 Å². The lowest BCUT2D eigenvalue weighted by molar-refractivity contribution is 0.794. The van der Waals surface area contributed by atoms with Gasteiger partial charge in [-0.05, 0) is 57.9 Å². The maximum absolute atomic E-state index is 2.31. The zero-order chi connectivity index (χ0) is 22.3. The van der Waals surface area contributed by atoms with Crippen LogP contribution in [-0.4, -0.2) is 0 Å². The Labute approximate surface area is 196 Å². The Morgan fingerprint density at radius 2 is 0.909 bits per heavy atom. The quantitative estimate of drug-likeness (QED) is 0.230. The van der Waals surface area contributed by atoms with Crippen molar-refractivity contribution in [3.8, 4) is 22.3 Å². The van der Waals surface area contributed by atoms with E-state index in [2.05, 4.69) is 134 Å². The van der Waals surface area contributed by atoms with Crippen molar-refractivity contribution in [1.29, 1.82) is 0 Å². The molecule has 3 aliphatic rings. The standard InChI is InChI=1S/C25H16.C8H10/c1-5-13-21-17(9-1)18-10-2-6-14-22(18)25(21)23-15-7-3-11-19(23)20-12-4-8-16-24(20)25;1-8-6-4-2-3-5-7-8/h1-16H;2,4-7H,3H2,1H3. The monoisotopic (exact) mass is 422 g/mol. The summed E-state index contributed by atoms with van der Waals surface area (Å²) in [5.41, 5.74) is 12.3. The molecule has 0 radical (unpaired) electrons. The van der Waals surface area contributed by atoms with Gasteiger partial charge in [-0.15, -0.1) is 0 Å². The number of rotatable bonds is 0. The summed E-state index contributed by atoms with van der Waals surface area (Å²) in [7, 11) is 0. The number of allylic oxidation sites excluding steroid dienone is 6. The molecule has 7 rings (SSSR count). The summed E-state index contributed by atoms with van der Waals surface area (Å²) < 4.78 is 0. The van der Waals surface area contributed by atoms with Crippen molar-refractivity contribution < 1.29 is 0 Å². The smallest absolute Gasteiger partial charge is 0.0725 e. The molecule has 0 nitrogen and oxygen atoms in total. The third-order valence-corrected chi connectivity index (χ3v) is 7.05. The van der Waals surface area contributed by atoms with Crippen LogP contribution < -0.4 is 0 Å². The zero-order valence-corrected chi connectivity index (χ0v) is 18.8. The highest BCUT2D eigenvalue weighted by molar-refractivity contribution is 5.94. The topological polar surface area (TPSA) is 0 Å². The van der Waals surface area contributed by atoms with Crippen LogP contribution in [0.1, 0.15) is 35.6 Å². The summed E-state index contributed by atoms with van der Waals surface area (Å²) in [6, 6.07) is 35.7. The van der Waals surface area contributed by atoms with Gasteiger partial charge in [-0.3, -0.25) is 0 Å². The molecule has 0 atom stereocenters. The van der Waals surface area contributed by atoms with E-state index in [0.717, 1.165) is 6.42 Å². The van der Waals surface area contributed by atoms with Crippen molar-refractivity contribution in [1.82, 2.24) is 0 Å². The molecular formula is C33H26. The third-order valence-electron chi connectivity index (χ3n) is 7.05. The molecule has 0 aromatic heterocycles. The highest BCUT2D eigenvalue weighted by atomic mass is 14.5. The zero-order valence-electron chi connectivity index (χ0n) is 18.8. The fourth-order valence-corrected chi connectivity index (χ4v) is 5.74. The Bertz CT molecular complexity index is 1260. The Balaban J connectivity index is 0.000000221. The molecule has 0 N–H and O–H groups in total. The Hall–Kier alpha value is -3.90. The summed E-state index contributed by atoms with van der Waals surface area (Å²) in [6.07, 6.45) is 11.7. The first-order valence-corrected chi connectivity index (χ1v) is 11.7.